The molecule has 0 aliphatic carbocycles. The fourth-order valence-electron chi connectivity index (χ4n) is 3.18. The van der Waals surface area contributed by atoms with Crippen LogP contribution in [0, 0.1) is 0 Å². The maximum Gasteiger partial charge on any atom is 0.226 e. The molecule has 6 heteroatoms. The lowest BCUT2D eigenvalue weighted by molar-refractivity contribution is 0.103. The number of rotatable bonds is 7. The van der Waals surface area contributed by atoms with E-state index < -0.39 is 5.78 Å². The normalized spacial score (nSPS) is 11.5. The number of carbonyl (C=O) groups excluding carboxylic acids is 1. The number of aliphatic hydroxyl groups is 1. The Morgan fingerprint density at radius 3 is 2.45 bits per heavy atom. The van der Waals surface area contributed by atoms with Gasteiger partial charge in [-0.3, -0.25) is 9.89 Å². The van der Waals surface area contributed by atoms with E-state index in [1.807, 2.05) is 60.7 Å². The summed E-state index contributed by atoms with van der Waals surface area (Å²) >= 11 is 0. The Kier molecular flexibility index (Phi) is 5.33. The van der Waals surface area contributed by atoms with Gasteiger partial charge < -0.3 is 9.52 Å². The van der Waals surface area contributed by atoms with Gasteiger partial charge in [-0.25, -0.2) is 4.98 Å². The quantitative estimate of drug-likeness (QED) is 0.275. The summed E-state index contributed by atoms with van der Waals surface area (Å²) in [5.41, 5.74) is 3.30. The number of allylic oxidation sites excluding steroid dienone is 1. The van der Waals surface area contributed by atoms with E-state index >= 15 is 0 Å². The van der Waals surface area contributed by atoms with Gasteiger partial charge in [-0.05, 0) is 17.5 Å². The average molecular weight is 385 g/mol. The zero-order chi connectivity index (χ0) is 20.1. The van der Waals surface area contributed by atoms with E-state index in [1.54, 1.807) is 6.26 Å². The molecule has 0 saturated carbocycles. The Labute approximate surface area is 167 Å². The third-order valence-corrected chi connectivity index (χ3v) is 4.61. The number of nitrogens with one attached hydrogen (secondary N) is 1. The maximum absolute atomic E-state index is 12.3. The smallest absolute Gasteiger partial charge is 0.226 e. The van der Waals surface area contributed by atoms with Crippen LogP contribution in [0.5, 0.6) is 0 Å². The molecule has 0 aliphatic rings. The second-order valence-corrected chi connectivity index (χ2v) is 6.53. The molecular formula is C23H19N3O3. The molecule has 0 radical (unpaired) electrons. The van der Waals surface area contributed by atoms with Crippen LogP contribution in [-0.4, -0.2) is 26.1 Å². The van der Waals surface area contributed by atoms with Crippen molar-refractivity contribution in [2.24, 2.45) is 0 Å². The lowest BCUT2D eigenvalue weighted by Crippen LogP contribution is -2.01. The summed E-state index contributed by atoms with van der Waals surface area (Å²) < 4.78 is 5.82. The first-order valence-electron chi connectivity index (χ1n) is 9.23. The first-order valence-corrected chi connectivity index (χ1v) is 9.23. The van der Waals surface area contributed by atoms with Crippen molar-refractivity contribution in [3.05, 3.63) is 102 Å². The molecule has 2 heterocycles. The number of hydrogen-bond donors (Lipinski definition) is 2. The largest absolute Gasteiger partial charge is 0.507 e. The van der Waals surface area contributed by atoms with Crippen molar-refractivity contribution in [2.45, 2.75) is 12.8 Å². The third kappa shape index (κ3) is 4.16. The summed E-state index contributed by atoms with van der Waals surface area (Å²) in [6.45, 7) is 0. The topological polar surface area (TPSA) is 92.0 Å². The van der Waals surface area contributed by atoms with Crippen LogP contribution < -0.4 is 0 Å². The summed E-state index contributed by atoms with van der Waals surface area (Å²) in [7, 11) is 0. The van der Waals surface area contributed by atoms with Crippen LogP contribution in [0.3, 0.4) is 0 Å². The summed E-state index contributed by atoms with van der Waals surface area (Å²) in [5.74, 6) is 0.0512. The van der Waals surface area contributed by atoms with Crippen molar-refractivity contribution < 1.29 is 14.3 Å². The zero-order valence-electron chi connectivity index (χ0n) is 15.6. The molecule has 144 valence electrons. The minimum atomic E-state index is -0.464. The van der Waals surface area contributed by atoms with E-state index in [1.165, 1.54) is 6.33 Å². The van der Waals surface area contributed by atoms with Crippen LogP contribution in [0.1, 0.15) is 27.5 Å². The molecule has 2 N–H and O–H groups in total. The minimum absolute atomic E-state index is 0.0622. The van der Waals surface area contributed by atoms with Crippen LogP contribution in [0.2, 0.25) is 0 Å². The van der Waals surface area contributed by atoms with Gasteiger partial charge in [-0.15, -0.1) is 0 Å². The predicted octanol–water partition coefficient (Wildman–Crippen LogP) is 4.63. The van der Waals surface area contributed by atoms with Crippen molar-refractivity contribution in [3.63, 3.8) is 0 Å². The van der Waals surface area contributed by atoms with Gasteiger partial charge in [-0.1, -0.05) is 60.7 Å². The molecule has 2 aromatic carbocycles. The number of benzene rings is 2. The van der Waals surface area contributed by atoms with Gasteiger partial charge >= 0.3 is 0 Å². The number of hydrogen-bond acceptors (Lipinski definition) is 5. The number of H-pyrrole nitrogens is 1. The van der Waals surface area contributed by atoms with Crippen molar-refractivity contribution in [3.8, 4) is 11.1 Å². The molecule has 2 aromatic heterocycles. The Bertz CT molecular complexity index is 1110. The molecule has 0 bridgehead atoms. The summed E-state index contributed by atoms with van der Waals surface area (Å²) in [4.78, 5) is 16.2. The number of aryl methyl sites for hydroxylation is 2. The molecule has 4 rings (SSSR count). The number of aliphatic hydroxyl groups excluding tert-OH is 1. The number of carbonyl (C=O) groups is 1. The van der Waals surface area contributed by atoms with Crippen LogP contribution >= 0.6 is 0 Å². The highest BCUT2D eigenvalue weighted by Crippen LogP contribution is 2.33. The number of furan rings is 1. The summed E-state index contributed by atoms with van der Waals surface area (Å²) in [6.07, 6.45) is 5.34. The van der Waals surface area contributed by atoms with Gasteiger partial charge in [0.1, 0.15) is 17.8 Å². The molecule has 0 saturated heterocycles. The van der Waals surface area contributed by atoms with Crippen molar-refractivity contribution in [2.75, 3.05) is 0 Å². The second kappa shape index (κ2) is 8.39. The minimum Gasteiger partial charge on any atom is -0.507 e. The predicted molar refractivity (Wildman–Crippen MR) is 109 cm³/mol. The molecule has 0 unspecified atom stereocenters. The Balaban J connectivity index is 1.70. The molecule has 0 atom stereocenters. The molecule has 0 aliphatic heterocycles. The molecule has 0 amide bonds. The first-order chi connectivity index (χ1) is 14.2. The molecule has 0 spiro atoms. The Morgan fingerprint density at radius 2 is 1.76 bits per heavy atom. The van der Waals surface area contributed by atoms with Gasteiger partial charge in [0.15, 0.2) is 5.82 Å². The fraction of sp³-hybridized carbons (Fsp3) is 0.0870. The number of aromatic nitrogens is 3. The SMILES string of the molecule is O=C(C=C(O)c1c(-c2ccccc2)coc1CCc1ccccc1)c1ncn[nH]1. The highest BCUT2D eigenvalue weighted by Gasteiger charge is 2.20. The van der Waals surface area contributed by atoms with Gasteiger partial charge in [0.25, 0.3) is 0 Å². The number of nitrogens with zero attached hydrogens (tertiary/aromatic N) is 2. The summed E-state index contributed by atoms with van der Waals surface area (Å²) in [5, 5.41) is 17.0. The van der Waals surface area contributed by atoms with Crippen molar-refractivity contribution in [1.82, 2.24) is 15.2 Å². The van der Waals surface area contributed by atoms with E-state index in [0.717, 1.165) is 29.2 Å². The van der Waals surface area contributed by atoms with Crippen LogP contribution in [0.25, 0.3) is 16.9 Å². The molecule has 0 fully saturated rings. The lowest BCUT2D eigenvalue weighted by atomic mass is 9.98. The molecule has 29 heavy (non-hydrogen) atoms. The van der Waals surface area contributed by atoms with Crippen LogP contribution in [0.15, 0.2) is 83.7 Å². The second-order valence-electron chi connectivity index (χ2n) is 6.53. The van der Waals surface area contributed by atoms with E-state index in [4.69, 9.17) is 4.42 Å². The molecule has 6 nitrogen and oxygen atoms in total. The van der Waals surface area contributed by atoms with E-state index in [9.17, 15) is 9.90 Å². The van der Waals surface area contributed by atoms with Crippen LogP contribution in [0.4, 0.5) is 0 Å². The lowest BCUT2D eigenvalue weighted by Gasteiger charge is -2.06. The fourth-order valence-corrected chi connectivity index (χ4v) is 3.18. The van der Waals surface area contributed by atoms with E-state index in [2.05, 4.69) is 15.2 Å². The Morgan fingerprint density at radius 1 is 1.03 bits per heavy atom. The standard InChI is InChI=1S/C23H19N3O3/c27-19(13-20(28)23-24-15-25-26-23)22-18(17-9-5-2-6-10-17)14-29-21(22)12-11-16-7-3-1-4-8-16/h1-10,13-15,27H,11-12H2,(H,24,25,26). The van der Waals surface area contributed by atoms with Crippen molar-refractivity contribution >= 4 is 11.5 Å². The number of ketones is 1. The maximum atomic E-state index is 12.3. The van der Waals surface area contributed by atoms with Gasteiger partial charge in [0.05, 0.1) is 11.8 Å². The van der Waals surface area contributed by atoms with Gasteiger partial charge in [0.2, 0.25) is 5.78 Å². The average Bonchev–Trinajstić information content (AvgIpc) is 3.44. The monoisotopic (exact) mass is 385 g/mol. The van der Waals surface area contributed by atoms with E-state index in [0.29, 0.717) is 17.7 Å². The molecular weight excluding hydrogens is 366 g/mol. The highest BCUT2D eigenvalue weighted by atomic mass is 16.3. The first kappa shape index (κ1) is 18.4. The zero-order valence-corrected chi connectivity index (χ0v) is 15.6. The highest BCUT2D eigenvalue weighted by molar-refractivity contribution is 6.06. The van der Waals surface area contributed by atoms with Crippen molar-refractivity contribution in [1.29, 1.82) is 0 Å². The summed E-state index contributed by atoms with van der Waals surface area (Å²) in [6, 6.07) is 19.6. The van der Waals surface area contributed by atoms with Gasteiger partial charge in [0, 0.05) is 18.1 Å². The Hall–Kier alpha value is -3.93. The third-order valence-electron chi connectivity index (χ3n) is 4.61. The van der Waals surface area contributed by atoms with Crippen LogP contribution in [-0.2, 0) is 12.8 Å². The number of aromatic amines is 1. The van der Waals surface area contributed by atoms with E-state index in [-0.39, 0.29) is 11.6 Å². The molecule has 4 aromatic rings. The van der Waals surface area contributed by atoms with Gasteiger partial charge in [-0.2, -0.15) is 5.10 Å².